The number of nitrogens with one attached hydrogen (secondary N) is 1. The summed E-state index contributed by atoms with van der Waals surface area (Å²) in [7, 11) is 1.45. The molecule has 0 fully saturated rings. The molecule has 1 aromatic heterocycles. The van der Waals surface area contributed by atoms with Crippen LogP contribution in [0.2, 0.25) is 5.02 Å². The molecule has 1 N–H and O–H groups in total. The standard InChI is InChI=1S/C17H13ClF2N2O3S.Na/c1-25-13-7-4-10(8-12(13)18)14-15(21-22-16(14)17(19)20)9-2-5-11(6-3-9)26(23)24;/h2-8,17H,1H3,(H,21,22)(H,23,24);/q;+1/p-1. The van der Waals surface area contributed by atoms with Crippen LogP contribution >= 0.6 is 11.6 Å². The Kier molecular flexibility index (Phi) is 7.55. The third-order valence-corrected chi connectivity index (χ3v) is 4.73. The van der Waals surface area contributed by atoms with Gasteiger partial charge in [0, 0.05) is 16.0 Å². The summed E-state index contributed by atoms with van der Waals surface area (Å²) in [6, 6.07) is 10.5. The molecule has 27 heavy (non-hydrogen) atoms. The Balaban J connectivity index is 0.00000261. The second-order valence-corrected chi connectivity index (χ2v) is 6.62. The third-order valence-electron chi connectivity index (χ3n) is 3.78. The van der Waals surface area contributed by atoms with Crippen molar-refractivity contribution in [1.82, 2.24) is 10.2 Å². The van der Waals surface area contributed by atoms with Crippen LogP contribution < -0.4 is 34.3 Å². The number of halogens is 3. The predicted octanol–water partition coefficient (Wildman–Crippen LogP) is 1.59. The van der Waals surface area contributed by atoms with Gasteiger partial charge in [-0.1, -0.05) is 29.8 Å². The Labute approximate surface area is 183 Å². The van der Waals surface area contributed by atoms with E-state index in [1.165, 1.54) is 37.4 Å². The van der Waals surface area contributed by atoms with Crippen LogP contribution in [0.1, 0.15) is 12.1 Å². The molecule has 0 radical (unpaired) electrons. The summed E-state index contributed by atoms with van der Waals surface area (Å²) in [6.07, 6.45) is -2.80. The molecule has 136 valence electrons. The first kappa shape index (κ1) is 22.0. The summed E-state index contributed by atoms with van der Waals surface area (Å²) in [6.45, 7) is 0. The Hall–Kier alpha value is -1.29. The predicted molar refractivity (Wildman–Crippen MR) is 93.2 cm³/mol. The first-order chi connectivity index (χ1) is 12.4. The molecular weight excluding hydrogens is 409 g/mol. The number of methoxy groups -OCH3 is 1. The zero-order chi connectivity index (χ0) is 18.8. The first-order valence-corrected chi connectivity index (χ1v) is 8.77. The van der Waals surface area contributed by atoms with Gasteiger partial charge in [-0.05, 0) is 40.9 Å². The molecular formula is C17H12ClF2N2NaO3S. The SMILES string of the molecule is COc1ccc(-c2c(C(F)F)n[nH]c2-c2ccc(S(=O)[O-])cc2)cc1Cl.[Na+]. The summed E-state index contributed by atoms with van der Waals surface area (Å²) in [4.78, 5) is 0.0939. The average molecular weight is 421 g/mol. The summed E-state index contributed by atoms with van der Waals surface area (Å²) in [5, 5.41) is 6.61. The van der Waals surface area contributed by atoms with E-state index in [4.69, 9.17) is 16.3 Å². The number of hydrogen-bond acceptors (Lipinski definition) is 4. The van der Waals surface area contributed by atoms with Crippen LogP contribution in [-0.4, -0.2) is 26.1 Å². The molecule has 5 nitrogen and oxygen atoms in total. The number of hydrogen-bond donors (Lipinski definition) is 1. The Morgan fingerprint density at radius 2 is 1.81 bits per heavy atom. The fraction of sp³-hybridized carbons (Fsp3) is 0.118. The topological polar surface area (TPSA) is 78.0 Å². The minimum absolute atomic E-state index is 0. The van der Waals surface area contributed by atoms with Gasteiger partial charge in [-0.2, -0.15) is 5.10 Å². The first-order valence-electron chi connectivity index (χ1n) is 7.32. The Morgan fingerprint density at radius 3 is 2.33 bits per heavy atom. The van der Waals surface area contributed by atoms with E-state index in [0.717, 1.165) is 0 Å². The number of H-pyrrole nitrogens is 1. The van der Waals surface area contributed by atoms with E-state index >= 15 is 0 Å². The number of aromatic amines is 1. The van der Waals surface area contributed by atoms with Crippen molar-refractivity contribution in [1.29, 1.82) is 0 Å². The van der Waals surface area contributed by atoms with Crippen LogP contribution in [0.3, 0.4) is 0 Å². The number of alkyl halides is 2. The van der Waals surface area contributed by atoms with Gasteiger partial charge in [-0.15, -0.1) is 0 Å². The molecule has 0 aliphatic heterocycles. The molecule has 0 amide bonds. The van der Waals surface area contributed by atoms with Crippen molar-refractivity contribution in [3.63, 3.8) is 0 Å². The molecule has 1 heterocycles. The summed E-state index contributed by atoms with van der Waals surface area (Å²) in [5.74, 6) is 0.418. The van der Waals surface area contributed by atoms with Crippen LogP contribution in [0, 0.1) is 0 Å². The van der Waals surface area contributed by atoms with Crippen LogP contribution in [0.4, 0.5) is 8.78 Å². The molecule has 0 aliphatic carbocycles. The van der Waals surface area contributed by atoms with Gasteiger partial charge < -0.3 is 9.29 Å². The second-order valence-electron chi connectivity index (χ2n) is 5.27. The normalized spacial score (nSPS) is 11.9. The minimum Gasteiger partial charge on any atom is -0.768 e. The van der Waals surface area contributed by atoms with Gasteiger partial charge in [-0.3, -0.25) is 9.31 Å². The maximum atomic E-state index is 13.4. The fourth-order valence-corrected chi connectivity index (χ4v) is 3.19. The van der Waals surface area contributed by atoms with Crippen LogP contribution in [0.25, 0.3) is 22.4 Å². The van der Waals surface area contributed by atoms with Gasteiger partial charge in [0.1, 0.15) is 11.4 Å². The zero-order valence-corrected chi connectivity index (χ0v) is 17.9. The van der Waals surface area contributed by atoms with Crippen molar-refractivity contribution < 1.29 is 51.8 Å². The van der Waals surface area contributed by atoms with Gasteiger partial charge in [0.25, 0.3) is 6.43 Å². The van der Waals surface area contributed by atoms with Crippen LogP contribution in [0.15, 0.2) is 47.4 Å². The average Bonchev–Trinajstić information content (AvgIpc) is 3.07. The number of rotatable bonds is 5. The van der Waals surface area contributed by atoms with E-state index in [9.17, 15) is 17.5 Å². The van der Waals surface area contributed by atoms with E-state index in [1.807, 2.05) is 0 Å². The van der Waals surface area contributed by atoms with Crippen molar-refractivity contribution in [2.24, 2.45) is 0 Å². The third kappa shape index (κ3) is 4.59. The zero-order valence-electron chi connectivity index (χ0n) is 14.3. The van der Waals surface area contributed by atoms with E-state index in [1.54, 1.807) is 12.1 Å². The Morgan fingerprint density at radius 1 is 1.19 bits per heavy atom. The van der Waals surface area contributed by atoms with Crippen LogP contribution in [-0.2, 0) is 11.1 Å². The van der Waals surface area contributed by atoms with Gasteiger partial charge in [0.05, 0.1) is 17.8 Å². The molecule has 3 aromatic rings. The van der Waals surface area contributed by atoms with Crippen molar-refractivity contribution >= 4 is 22.7 Å². The number of aromatic nitrogens is 2. The fourth-order valence-electron chi connectivity index (χ4n) is 2.57. The maximum absolute atomic E-state index is 13.4. The summed E-state index contributed by atoms with van der Waals surface area (Å²) in [5.41, 5.74) is 1.06. The number of nitrogens with zero attached hydrogens (tertiary/aromatic N) is 1. The van der Waals surface area contributed by atoms with Crippen molar-refractivity contribution in [3.8, 4) is 28.1 Å². The van der Waals surface area contributed by atoms with E-state index < -0.39 is 23.2 Å². The Bertz CT molecular complexity index is 967. The van der Waals surface area contributed by atoms with Crippen molar-refractivity contribution in [3.05, 3.63) is 53.2 Å². The molecule has 1 unspecified atom stereocenters. The number of benzene rings is 2. The van der Waals surface area contributed by atoms with E-state index in [0.29, 0.717) is 22.6 Å². The van der Waals surface area contributed by atoms with Crippen molar-refractivity contribution in [2.45, 2.75) is 11.3 Å². The molecule has 1 atom stereocenters. The monoisotopic (exact) mass is 420 g/mol. The molecule has 0 saturated carbocycles. The van der Waals surface area contributed by atoms with Gasteiger partial charge in [0.15, 0.2) is 0 Å². The van der Waals surface area contributed by atoms with Crippen LogP contribution in [0.5, 0.6) is 5.75 Å². The van der Waals surface area contributed by atoms with E-state index in [2.05, 4.69) is 10.2 Å². The molecule has 0 aliphatic rings. The number of ether oxygens (including phenoxy) is 1. The summed E-state index contributed by atoms with van der Waals surface area (Å²) < 4.78 is 53.9. The van der Waals surface area contributed by atoms with Gasteiger partial charge in [-0.25, -0.2) is 8.78 Å². The minimum atomic E-state index is -2.80. The summed E-state index contributed by atoms with van der Waals surface area (Å²) >= 11 is 3.75. The molecule has 0 spiro atoms. The largest absolute Gasteiger partial charge is 1.00 e. The molecule has 3 rings (SSSR count). The quantitative estimate of drug-likeness (QED) is 0.502. The van der Waals surface area contributed by atoms with Gasteiger partial charge >= 0.3 is 29.6 Å². The molecule has 0 saturated heterocycles. The van der Waals surface area contributed by atoms with Gasteiger partial charge in [0.2, 0.25) is 0 Å². The maximum Gasteiger partial charge on any atom is 1.00 e. The molecule has 0 bridgehead atoms. The molecule has 2 aromatic carbocycles. The van der Waals surface area contributed by atoms with E-state index in [-0.39, 0.29) is 45.0 Å². The van der Waals surface area contributed by atoms with Crippen molar-refractivity contribution in [2.75, 3.05) is 7.11 Å². The second kappa shape index (κ2) is 9.27. The smallest absolute Gasteiger partial charge is 0.768 e. The molecule has 10 heteroatoms.